The molecule has 4 aromatic rings. The number of halogens is 6. The van der Waals surface area contributed by atoms with Gasteiger partial charge in [0.2, 0.25) is 0 Å². The van der Waals surface area contributed by atoms with Gasteiger partial charge in [-0.3, -0.25) is 4.79 Å². The molecule has 0 saturated carbocycles. The zero-order valence-corrected chi connectivity index (χ0v) is 35.1. The number of nitrogens with two attached hydrogens (primary N) is 1. The predicted octanol–water partition coefficient (Wildman–Crippen LogP) is 10.8. The van der Waals surface area contributed by atoms with Gasteiger partial charge in [-0.15, -0.1) is 0 Å². The normalized spacial score (nSPS) is 16.3. The first-order valence-corrected chi connectivity index (χ1v) is 20.7. The highest BCUT2D eigenvalue weighted by Crippen LogP contribution is 2.38. The van der Waals surface area contributed by atoms with Crippen molar-refractivity contribution in [3.8, 4) is 0 Å². The molecule has 0 fully saturated rings. The third-order valence-corrected chi connectivity index (χ3v) is 12.7. The molecule has 0 unspecified atom stereocenters. The van der Waals surface area contributed by atoms with Crippen LogP contribution in [0.25, 0.3) is 0 Å². The van der Waals surface area contributed by atoms with Gasteiger partial charge in [-0.05, 0) is 139 Å². The maximum Gasteiger partial charge on any atom is 0.335 e. The number of anilines is 2. The van der Waals surface area contributed by atoms with E-state index in [4.69, 9.17) is 34.0 Å². The predicted molar refractivity (Wildman–Crippen MR) is 233 cm³/mol. The first kappa shape index (κ1) is 51.3. The lowest BCUT2D eigenvalue weighted by Gasteiger charge is -2.22. The van der Waals surface area contributed by atoms with Crippen molar-refractivity contribution < 1.29 is 40.7 Å². The molecule has 0 radical (unpaired) electrons. The fourth-order valence-corrected chi connectivity index (χ4v) is 8.04. The molecule has 2 aliphatic carbocycles. The number of carboxylic acid groups (broad SMARTS) is 1. The van der Waals surface area contributed by atoms with E-state index in [-0.39, 0.29) is 30.5 Å². The number of carbonyl (C=O) groups excluding carboxylic acids is 1. The number of benzene rings is 4. The van der Waals surface area contributed by atoms with Crippen LogP contribution in [0.3, 0.4) is 0 Å². The van der Waals surface area contributed by atoms with Gasteiger partial charge in [0.25, 0.3) is 5.91 Å². The highest BCUT2D eigenvalue weighted by molar-refractivity contribution is 7.84. The lowest BCUT2D eigenvalue weighted by atomic mass is 10.0. The molecular formula is C42H52Cl2F4N4O5S2. The van der Waals surface area contributed by atoms with Gasteiger partial charge in [0.15, 0.2) is 0 Å². The second-order valence-corrected chi connectivity index (χ2v) is 20.0. The molecule has 2 aliphatic rings. The maximum atomic E-state index is 14.5. The lowest BCUT2D eigenvalue weighted by molar-refractivity contribution is 0.0695. The molecule has 0 saturated heterocycles. The Morgan fingerprint density at radius 2 is 1.08 bits per heavy atom. The van der Waals surface area contributed by atoms with E-state index in [1.54, 1.807) is 0 Å². The van der Waals surface area contributed by atoms with Gasteiger partial charge in [0.05, 0.1) is 47.1 Å². The Kier molecular flexibility index (Phi) is 18.3. The number of hydrogen-bond acceptors (Lipinski definition) is 5. The van der Waals surface area contributed by atoms with Crippen LogP contribution in [0.15, 0.2) is 60.7 Å². The largest absolute Gasteiger partial charge is 0.478 e. The lowest BCUT2D eigenvalue weighted by Crippen LogP contribution is -2.35. The molecule has 6 N–H and O–H groups in total. The molecule has 0 spiro atoms. The van der Waals surface area contributed by atoms with Crippen LogP contribution in [-0.2, 0) is 34.8 Å². The zero-order valence-electron chi connectivity index (χ0n) is 32.0. The van der Waals surface area contributed by atoms with Gasteiger partial charge in [0, 0.05) is 40.1 Å². The molecule has 9 nitrogen and oxygen atoms in total. The van der Waals surface area contributed by atoms with Crippen molar-refractivity contribution in [2.24, 2.45) is 0 Å². The number of nitrogen functional groups attached to an aromatic ring is 1. The van der Waals surface area contributed by atoms with E-state index in [0.29, 0.717) is 64.9 Å². The number of aromatic carboxylic acids is 1. The highest BCUT2D eigenvalue weighted by Gasteiger charge is 2.34. The number of carboxylic acids is 1. The third kappa shape index (κ3) is 13.1. The van der Waals surface area contributed by atoms with Crippen LogP contribution < -0.4 is 20.5 Å². The summed E-state index contributed by atoms with van der Waals surface area (Å²) < 4.78 is 83.6. The smallest absolute Gasteiger partial charge is 0.335 e. The van der Waals surface area contributed by atoms with Crippen LogP contribution in [0.1, 0.15) is 124 Å². The van der Waals surface area contributed by atoms with Gasteiger partial charge in [0.1, 0.15) is 23.3 Å². The summed E-state index contributed by atoms with van der Waals surface area (Å²) in [6.07, 6.45) is 2.06. The van der Waals surface area contributed by atoms with Crippen LogP contribution >= 0.6 is 23.2 Å². The topological polar surface area (TPSA) is 151 Å². The average molecular weight is 904 g/mol. The third-order valence-electron chi connectivity index (χ3n) is 8.88. The number of hydrogen-bond donors (Lipinski definition) is 5. The second kappa shape index (κ2) is 21.1. The molecule has 1 amide bonds. The van der Waals surface area contributed by atoms with E-state index in [9.17, 15) is 35.6 Å². The molecule has 0 heterocycles. The Morgan fingerprint density at radius 1 is 0.678 bits per heavy atom. The SMILES string of the molecule is C.C.CC(C)(C)[S@](=O)N[C@H]1CCc2c(C(=O)Nc3ccc(F)c(Cl)c3)ccc(F)c21.CC(C)(C)[S@](=O)N[C@H]1CCc2c(C(=O)O)ccc(F)c21.Nc1ccc(F)c(Cl)c1. The minimum Gasteiger partial charge on any atom is -0.478 e. The average Bonchev–Trinajstić information content (AvgIpc) is 3.74. The summed E-state index contributed by atoms with van der Waals surface area (Å²) in [6.45, 7) is 11.0. The van der Waals surface area contributed by atoms with Gasteiger partial charge in [-0.25, -0.2) is 40.2 Å². The molecule has 4 atom stereocenters. The van der Waals surface area contributed by atoms with Crippen molar-refractivity contribution >= 4 is 68.4 Å². The second-order valence-electron chi connectivity index (χ2n) is 15.2. The summed E-state index contributed by atoms with van der Waals surface area (Å²) in [5, 5.41) is 11.8. The summed E-state index contributed by atoms with van der Waals surface area (Å²) >= 11 is 11.1. The van der Waals surface area contributed by atoms with Gasteiger partial charge in [-0.1, -0.05) is 38.1 Å². The number of amides is 1. The first-order valence-electron chi connectivity index (χ1n) is 17.7. The Balaban J connectivity index is 0.000000337. The van der Waals surface area contributed by atoms with Crippen molar-refractivity contribution in [2.45, 2.75) is 104 Å². The minimum atomic E-state index is -1.36. The van der Waals surface area contributed by atoms with Crippen LogP contribution in [-0.4, -0.2) is 34.9 Å². The Bertz CT molecular complexity index is 2220. The van der Waals surface area contributed by atoms with E-state index in [1.807, 2.05) is 41.5 Å². The fraction of sp³-hybridized carbons (Fsp3) is 0.381. The van der Waals surface area contributed by atoms with Crippen LogP contribution in [0.2, 0.25) is 10.0 Å². The van der Waals surface area contributed by atoms with Crippen LogP contribution in [0.5, 0.6) is 0 Å². The minimum absolute atomic E-state index is 0. The standard InChI is InChI=1S/C20H21ClF2N2O2S.C14H18FNO3S.C6H5ClFN.2CH4/c1-20(2,3)28(27)25-17-9-6-12-13(5-8-16(23)18(12)17)19(26)24-11-4-7-15(22)14(21)10-11;1-14(2,3)20(19)16-11-7-5-8-9(13(17)18)4-6-10(15)12(8)11;7-5-3-4(9)1-2-6(5)8;;/h4-5,7-8,10,17,25H,6,9H2,1-3H3,(H,24,26);4,6,11,16H,5,7H2,1-3H3,(H,17,18);1-3H,9H2;2*1H4/t17-,28-;11-,20-;;;/m00.../s1. The summed E-state index contributed by atoms with van der Waals surface area (Å²) in [7, 11) is -2.69. The molecule has 4 aromatic carbocycles. The van der Waals surface area contributed by atoms with Gasteiger partial charge >= 0.3 is 5.97 Å². The van der Waals surface area contributed by atoms with Crippen LogP contribution in [0.4, 0.5) is 28.9 Å². The number of carbonyl (C=O) groups is 2. The maximum absolute atomic E-state index is 14.5. The van der Waals surface area contributed by atoms with E-state index >= 15 is 0 Å². The van der Waals surface area contributed by atoms with E-state index < -0.39 is 78.7 Å². The Hall–Kier alpha value is -3.86. The fourth-order valence-electron chi connectivity index (χ4n) is 5.98. The number of fused-ring (bicyclic) bond motifs is 2. The molecule has 324 valence electrons. The quantitative estimate of drug-likeness (QED) is 0.0920. The van der Waals surface area contributed by atoms with Crippen molar-refractivity contribution in [1.29, 1.82) is 0 Å². The van der Waals surface area contributed by atoms with Crippen molar-refractivity contribution in [3.63, 3.8) is 0 Å². The molecule has 0 bridgehead atoms. The molecule has 17 heteroatoms. The molecule has 0 aliphatic heterocycles. The van der Waals surface area contributed by atoms with E-state index in [1.165, 1.54) is 54.6 Å². The molecule has 59 heavy (non-hydrogen) atoms. The summed E-state index contributed by atoms with van der Waals surface area (Å²) in [5.41, 5.74) is 8.39. The van der Waals surface area contributed by atoms with Crippen LogP contribution in [0, 0.1) is 23.3 Å². The number of rotatable bonds is 7. The summed E-state index contributed by atoms with van der Waals surface area (Å²) in [4.78, 5) is 23.9. The Morgan fingerprint density at radius 3 is 1.49 bits per heavy atom. The zero-order chi connectivity index (χ0) is 42.6. The van der Waals surface area contributed by atoms with E-state index in [2.05, 4.69) is 14.8 Å². The first-order chi connectivity index (χ1) is 26.5. The van der Waals surface area contributed by atoms with Gasteiger partial charge < -0.3 is 16.2 Å². The van der Waals surface area contributed by atoms with Crippen molar-refractivity contribution in [3.05, 3.63) is 127 Å². The molecule has 6 rings (SSSR count). The summed E-state index contributed by atoms with van der Waals surface area (Å²) in [5.74, 6) is -3.38. The van der Waals surface area contributed by atoms with Crippen molar-refractivity contribution in [1.82, 2.24) is 9.44 Å². The highest BCUT2D eigenvalue weighted by atomic mass is 35.5. The van der Waals surface area contributed by atoms with Gasteiger partial charge in [-0.2, -0.15) is 0 Å². The number of nitrogens with one attached hydrogen (secondary N) is 3. The Labute approximate surface area is 359 Å². The van der Waals surface area contributed by atoms with Crippen molar-refractivity contribution in [2.75, 3.05) is 11.1 Å². The molecule has 0 aromatic heterocycles. The van der Waals surface area contributed by atoms with E-state index in [0.717, 1.165) is 6.07 Å². The summed E-state index contributed by atoms with van der Waals surface area (Å²) in [6, 6.07) is 12.2. The monoisotopic (exact) mass is 902 g/mol. The molecular weight excluding hydrogens is 852 g/mol.